The smallest absolute Gasteiger partial charge is 0.224 e. The minimum Gasteiger partial charge on any atom is -0.330 e. The second-order valence-electron chi connectivity index (χ2n) is 4.51. The quantitative estimate of drug-likeness (QED) is 0.695. The van der Waals surface area contributed by atoms with E-state index in [0.29, 0.717) is 6.42 Å². The molecule has 0 bridgehead atoms. The van der Waals surface area contributed by atoms with Gasteiger partial charge in [-0.3, -0.25) is 4.79 Å². The zero-order valence-corrected chi connectivity index (χ0v) is 11.2. The van der Waals surface area contributed by atoms with E-state index in [2.05, 4.69) is 18.3 Å². The summed E-state index contributed by atoms with van der Waals surface area (Å²) in [6.07, 6.45) is 5.74. The molecule has 1 rings (SSSR count). The number of para-hydroxylation sites is 1. The van der Waals surface area contributed by atoms with Gasteiger partial charge in [0.2, 0.25) is 5.91 Å². The molecule has 0 radical (unpaired) electrons. The van der Waals surface area contributed by atoms with Crippen LogP contribution in [0.5, 0.6) is 0 Å². The van der Waals surface area contributed by atoms with Crippen LogP contribution in [0.25, 0.3) is 0 Å². The SMILES string of the molecule is CCc1ccccc1NC(=O)CCCCCCN. The lowest BCUT2D eigenvalue weighted by Crippen LogP contribution is -2.12. The largest absolute Gasteiger partial charge is 0.330 e. The number of hydrogen-bond acceptors (Lipinski definition) is 2. The first-order valence-corrected chi connectivity index (χ1v) is 6.85. The van der Waals surface area contributed by atoms with Crippen molar-refractivity contribution in [2.45, 2.75) is 45.4 Å². The average Bonchev–Trinajstić information content (AvgIpc) is 2.39. The molecule has 1 amide bonds. The molecule has 0 aliphatic rings. The van der Waals surface area contributed by atoms with Crippen molar-refractivity contribution in [3.63, 3.8) is 0 Å². The first kappa shape index (κ1) is 14.7. The molecular formula is C15H24N2O. The molecule has 100 valence electrons. The van der Waals surface area contributed by atoms with Crippen molar-refractivity contribution in [3.05, 3.63) is 29.8 Å². The Bertz CT molecular complexity index is 363. The number of carbonyl (C=O) groups excluding carboxylic acids is 1. The third kappa shape index (κ3) is 5.32. The summed E-state index contributed by atoms with van der Waals surface area (Å²) in [5, 5.41) is 2.99. The van der Waals surface area contributed by atoms with Gasteiger partial charge in [-0.15, -0.1) is 0 Å². The number of benzene rings is 1. The number of carbonyl (C=O) groups is 1. The van der Waals surface area contributed by atoms with Crippen LogP contribution in [0.15, 0.2) is 24.3 Å². The molecule has 0 atom stereocenters. The van der Waals surface area contributed by atoms with Crippen LogP contribution in [0.1, 0.15) is 44.6 Å². The molecule has 0 fully saturated rings. The number of rotatable bonds is 8. The first-order valence-electron chi connectivity index (χ1n) is 6.85. The predicted molar refractivity (Wildman–Crippen MR) is 76.6 cm³/mol. The van der Waals surface area contributed by atoms with Gasteiger partial charge in [-0.2, -0.15) is 0 Å². The summed E-state index contributed by atoms with van der Waals surface area (Å²) in [5.41, 5.74) is 7.57. The second-order valence-corrected chi connectivity index (χ2v) is 4.51. The lowest BCUT2D eigenvalue weighted by Gasteiger charge is -2.09. The Balaban J connectivity index is 2.31. The summed E-state index contributed by atoms with van der Waals surface area (Å²) in [7, 11) is 0. The van der Waals surface area contributed by atoms with Crippen molar-refractivity contribution in [2.24, 2.45) is 5.73 Å². The summed E-state index contributed by atoms with van der Waals surface area (Å²) < 4.78 is 0. The Labute approximate surface area is 110 Å². The van der Waals surface area contributed by atoms with Gasteiger partial charge in [-0.05, 0) is 37.4 Å². The number of anilines is 1. The fraction of sp³-hybridized carbons (Fsp3) is 0.533. The van der Waals surface area contributed by atoms with Crippen LogP contribution in [-0.2, 0) is 11.2 Å². The number of hydrogen-bond donors (Lipinski definition) is 2. The molecule has 0 saturated heterocycles. The van der Waals surface area contributed by atoms with Gasteiger partial charge < -0.3 is 11.1 Å². The summed E-state index contributed by atoms with van der Waals surface area (Å²) in [4.78, 5) is 11.8. The van der Waals surface area contributed by atoms with E-state index in [9.17, 15) is 4.79 Å². The molecule has 0 aliphatic heterocycles. The summed E-state index contributed by atoms with van der Waals surface area (Å²) in [5.74, 6) is 0.114. The van der Waals surface area contributed by atoms with Gasteiger partial charge in [-0.25, -0.2) is 0 Å². The third-order valence-electron chi connectivity index (χ3n) is 3.03. The van der Waals surface area contributed by atoms with E-state index < -0.39 is 0 Å². The van der Waals surface area contributed by atoms with E-state index in [1.807, 2.05) is 18.2 Å². The van der Waals surface area contributed by atoms with Gasteiger partial charge in [0.25, 0.3) is 0 Å². The Hall–Kier alpha value is -1.35. The molecule has 0 aliphatic carbocycles. The van der Waals surface area contributed by atoms with Crippen LogP contribution in [0.3, 0.4) is 0 Å². The van der Waals surface area contributed by atoms with Crippen molar-refractivity contribution >= 4 is 11.6 Å². The van der Waals surface area contributed by atoms with Gasteiger partial charge in [-0.1, -0.05) is 38.0 Å². The van der Waals surface area contributed by atoms with Crippen LogP contribution >= 0.6 is 0 Å². The van der Waals surface area contributed by atoms with E-state index in [4.69, 9.17) is 5.73 Å². The highest BCUT2D eigenvalue weighted by Crippen LogP contribution is 2.16. The van der Waals surface area contributed by atoms with Crippen LogP contribution in [0, 0.1) is 0 Å². The number of unbranched alkanes of at least 4 members (excludes halogenated alkanes) is 3. The Kier molecular flexibility index (Phi) is 7.11. The molecule has 0 spiro atoms. The molecule has 0 saturated carbocycles. The maximum absolute atomic E-state index is 11.8. The van der Waals surface area contributed by atoms with Crippen LogP contribution < -0.4 is 11.1 Å². The molecule has 1 aromatic rings. The van der Waals surface area contributed by atoms with Gasteiger partial charge >= 0.3 is 0 Å². The molecule has 0 unspecified atom stereocenters. The molecule has 1 aromatic carbocycles. The van der Waals surface area contributed by atoms with Crippen molar-refractivity contribution in [2.75, 3.05) is 11.9 Å². The number of amides is 1. The molecule has 3 N–H and O–H groups in total. The van der Waals surface area contributed by atoms with E-state index in [-0.39, 0.29) is 5.91 Å². The predicted octanol–water partition coefficient (Wildman–Crippen LogP) is 3.10. The van der Waals surface area contributed by atoms with Gasteiger partial charge in [0.05, 0.1) is 0 Å². The molecule has 0 aromatic heterocycles. The maximum Gasteiger partial charge on any atom is 0.224 e. The van der Waals surface area contributed by atoms with Crippen LogP contribution in [-0.4, -0.2) is 12.5 Å². The molecule has 18 heavy (non-hydrogen) atoms. The molecular weight excluding hydrogens is 224 g/mol. The van der Waals surface area contributed by atoms with Crippen molar-refractivity contribution in [1.29, 1.82) is 0 Å². The summed E-state index contributed by atoms with van der Waals surface area (Å²) in [6.45, 7) is 2.84. The van der Waals surface area contributed by atoms with Crippen molar-refractivity contribution < 1.29 is 4.79 Å². The Morgan fingerprint density at radius 3 is 2.61 bits per heavy atom. The van der Waals surface area contributed by atoms with E-state index in [0.717, 1.165) is 44.3 Å². The number of nitrogens with two attached hydrogens (primary N) is 1. The minimum absolute atomic E-state index is 0.114. The average molecular weight is 248 g/mol. The standard InChI is InChI=1S/C15H24N2O/c1-2-13-9-6-7-10-14(13)17-15(18)11-5-3-4-8-12-16/h6-7,9-10H,2-5,8,11-12,16H2,1H3,(H,17,18). The van der Waals surface area contributed by atoms with Crippen molar-refractivity contribution in [1.82, 2.24) is 0 Å². The van der Waals surface area contributed by atoms with Crippen LogP contribution in [0.4, 0.5) is 5.69 Å². The number of aryl methyl sites for hydroxylation is 1. The summed E-state index contributed by atoms with van der Waals surface area (Å²) >= 11 is 0. The van der Waals surface area contributed by atoms with E-state index in [1.54, 1.807) is 0 Å². The highest BCUT2D eigenvalue weighted by molar-refractivity contribution is 5.91. The third-order valence-corrected chi connectivity index (χ3v) is 3.03. The normalized spacial score (nSPS) is 10.3. The first-order chi connectivity index (χ1) is 8.77. The maximum atomic E-state index is 11.8. The highest BCUT2D eigenvalue weighted by atomic mass is 16.1. The number of nitrogens with one attached hydrogen (secondary N) is 1. The van der Waals surface area contributed by atoms with E-state index >= 15 is 0 Å². The topological polar surface area (TPSA) is 55.1 Å². The zero-order valence-electron chi connectivity index (χ0n) is 11.2. The molecule has 0 heterocycles. The van der Waals surface area contributed by atoms with Gasteiger partial charge in [0.1, 0.15) is 0 Å². The Morgan fingerprint density at radius 1 is 1.17 bits per heavy atom. The van der Waals surface area contributed by atoms with Gasteiger partial charge in [0, 0.05) is 12.1 Å². The van der Waals surface area contributed by atoms with Gasteiger partial charge in [0.15, 0.2) is 0 Å². The highest BCUT2D eigenvalue weighted by Gasteiger charge is 2.04. The molecule has 3 heteroatoms. The van der Waals surface area contributed by atoms with Crippen molar-refractivity contribution in [3.8, 4) is 0 Å². The summed E-state index contributed by atoms with van der Waals surface area (Å²) in [6, 6.07) is 7.97. The molecule has 3 nitrogen and oxygen atoms in total. The zero-order chi connectivity index (χ0) is 13.2. The fourth-order valence-corrected chi connectivity index (χ4v) is 1.95. The van der Waals surface area contributed by atoms with E-state index in [1.165, 1.54) is 5.56 Å². The lowest BCUT2D eigenvalue weighted by molar-refractivity contribution is -0.116. The second kappa shape index (κ2) is 8.70. The Morgan fingerprint density at radius 2 is 1.89 bits per heavy atom. The lowest BCUT2D eigenvalue weighted by atomic mass is 10.1. The monoisotopic (exact) mass is 248 g/mol. The van der Waals surface area contributed by atoms with Crippen LogP contribution in [0.2, 0.25) is 0 Å². The minimum atomic E-state index is 0.114. The fourth-order valence-electron chi connectivity index (χ4n) is 1.95.